The molecule has 0 aliphatic carbocycles. The molecule has 0 aliphatic rings. The van der Waals surface area contributed by atoms with Gasteiger partial charge in [0.15, 0.2) is 0 Å². The highest BCUT2D eigenvalue weighted by Gasteiger charge is 2.09. The van der Waals surface area contributed by atoms with Crippen molar-refractivity contribution in [3.05, 3.63) is 51.9 Å². The fourth-order valence-corrected chi connectivity index (χ4v) is 2.88. The molecule has 0 saturated heterocycles. The number of hydrogen-bond acceptors (Lipinski definition) is 4. The van der Waals surface area contributed by atoms with Crippen LogP contribution in [0.3, 0.4) is 0 Å². The lowest BCUT2D eigenvalue weighted by Crippen LogP contribution is -2.17. The summed E-state index contributed by atoms with van der Waals surface area (Å²) in [7, 11) is 2.04. The summed E-state index contributed by atoms with van der Waals surface area (Å²) in [5, 5.41) is 5.94. The van der Waals surface area contributed by atoms with Gasteiger partial charge >= 0.3 is 0 Å². The molecule has 0 bridgehead atoms. The van der Waals surface area contributed by atoms with Gasteiger partial charge in [-0.05, 0) is 40.6 Å². The number of nitrogens with zero attached hydrogens (tertiary/aromatic N) is 3. The Kier molecular flexibility index (Phi) is 3.36. The van der Waals surface area contributed by atoms with Crippen molar-refractivity contribution in [1.82, 2.24) is 9.97 Å². The Morgan fingerprint density at radius 2 is 2.16 bits per heavy atom. The third kappa shape index (κ3) is 2.55. The zero-order chi connectivity index (χ0) is 13.2. The van der Waals surface area contributed by atoms with E-state index in [1.807, 2.05) is 25.2 Å². The van der Waals surface area contributed by atoms with E-state index in [1.54, 1.807) is 17.7 Å². The van der Waals surface area contributed by atoms with Crippen LogP contribution < -0.4 is 4.90 Å². The number of benzene rings is 1. The summed E-state index contributed by atoms with van der Waals surface area (Å²) in [5.74, 6) is 0.924. The van der Waals surface area contributed by atoms with E-state index >= 15 is 0 Å². The Labute approximate surface area is 120 Å². The molecule has 0 spiro atoms. The number of anilines is 1. The quantitative estimate of drug-likeness (QED) is 0.730. The van der Waals surface area contributed by atoms with E-state index in [0.717, 1.165) is 23.3 Å². The van der Waals surface area contributed by atoms with Gasteiger partial charge in [0.05, 0.1) is 5.52 Å². The van der Waals surface area contributed by atoms with Crippen molar-refractivity contribution in [2.45, 2.75) is 6.54 Å². The van der Waals surface area contributed by atoms with E-state index in [1.165, 1.54) is 5.56 Å². The summed E-state index contributed by atoms with van der Waals surface area (Å²) in [4.78, 5) is 10.8. The van der Waals surface area contributed by atoms with Crippen LogP contribution in [0.15, 0.2) is 41.4 Å². The normalized spacial score (nSPS) is 10.8. The summed E-state index contributed by atoms with van der Waals surface area (Å²) >= 11 is 7.70. The minimum atomic E-state index is 0.692. The Bertz CT molecular complexity index is 697. The van der Waals surface area contributed by atoms with Crippen LogP contribution in [0.4, 0.5) is 5.82 Å². The van der Waals surface area contributed by atoms with E-state index < -0.39 is 0 Å². The predicted molar refractivity (Wildman–Crippen MR) is 81.0 cm³/mol. The van der Waals surface area contributed by atoms with Crippen LogP contribution in [-0.4, -0.2) is 17.0 Å². The van der Waals surface area contributed by atoms with Crippen LogP contribution in [0, 0.1) is 0 Å². The SMILES string of the molecule is CN(Cc1ccsc1)c1ncnc2cc(Cl)ccc12. The number of aromatic nitrogens is 2. The van der Waals surface area contributed by atoms with Gasteiger partial charge in [-0.1, -0.05) is 11.6 Å². The lowest BCUT2D eigenvalue weighted by molar-refractivity contribution is 0.904. The maximum atomic E-state index is 5.99. The summed E-state index contributed by atoms with van der Waals surface area (Å²) in [6.07, 6.45) is 1.58. The first kappa shape index (κ1) is 12.4. The van der Waals surface area contributed by atoms with Crippen LogP contribution in [0.2, 0.25) is 5.02 Å². The lowest BCUT2D eigenvalue weighted by Gasteiger charge is -2.19. The van der Waals surface area contributed by atoms with E-state index in [-0.39, 0.29) is 0 Å². The molecular formula is C14H12ClN3S. The third-order valence-corrected chi connectivity index (χ3v) is 3.91. The van der Waals surface area contributed by atoms with Crippen LogP contribution in [0.1, 0.15) is 5.56 Å². The third-order valence-electron chi connectivity index (χ3n) is 2.94. The molecule has 0 fully saturated rings. The first-order valence-electron chi connectivity index (χ1n) is 5.86. The first-order valence-corrected chi connectivity index (χ1v) is 7.18. The summed E-state index contributed by atoms with van der Waals surface area (Å²) in [6, 6.07) is 7.83. The smallest absolute Gasteiger partial charge is 0.139 e. The van der Waals surface area contributed by atoms with E-state index in [2.05, 4.69) is 31.7 Å². The summed E-state index contributed by atoms with van der Waals surface area (Å²) in [5.41, 5.74) is 2.16. The van der Waals surface area contributed by atoms with Gasteiger partial charge in [-0.25, -0.2) is 9.97 Å². The van der Waals surface area contributed by atoms with Crippen LogP contribution >= 0.6 is 22.9 Å². The molecule has 0 aliphatic heterocycles. The molecule has 1 aromatic carbocycles. The molecule has 3 rings (SSSR count). The summed E-state index contributed by atoms with van der Waals surface area (Å²) < 4.78 is 0. The number of hydrogen-bond donors (Lipinski definition) is 0. The maximum Gasteiger partial charge on any atom is 0.139 e. The monoisotopic (exact) mass is 289 g/mol. The number of fused-ring (bicyclic) bond motifs is 1. The lowest BCUT2D eigenvalue weighted by atomic mass is 10.2. The van der Waals surface area contributed by atoms with E-state index in [4.69, 9.17) is 11.6 Å². The molecule has 0 unspecified atom stereocenters. The van der Waals surface area contributed by atoms with Gasteiger partial charge in [-0.3, -0.25) is 0 Å². The van der Waals surface area contributed by atoms with E-state index in [0.29, 0.717) is 5.02 Å². The first-order chi connectivity index (χ1) is 9.24. The Hall–Kier alpha value is -1.65. The highest BCUT2D eigenvalue weighted by molar-refractivity contribution is 7.07. The fraction of sp³-hybridized carbons (Fsp3) is 0.143. The topological polar surface area (TPSA) is 29.0 Å². The Balaban J connectivity index is 2.00. The standard InChI is InChI=1S/C14H12ClN3S/c1-18(7-10-4-5-19-8-10)14-12-3-2-11(15)6-13(12)16-9-17-14/h2-6,8-9H,7H2,1H3. The number of rotatable bonds is 3. The molecule has 5 heteroatoms. The van der Waals surface area contributed by atoms with Crippen LogP contribution in [0.25, 0.3) is 10.9 Å². The Morgan fingerprint density at radius 1 is 1.26 bits per heavy atom. The van der Waals surface area contributed by atoms with Gasteiger partial charge in [0.2, 0.25) is 0 Å². The fourth-order valence-electron chi connectivity index (χ4n) is 2.05. The molecule has 3 aromatic rings. The molecule has 96 valence electrons. The molecule has 0 radical (unpaired) electrons. The van der Waals surface area contributed by atoms with Gasteiger partial charge < -0.3 is 4.90 Å². The van der Waals surface area contributed by atoms with Gasteiger partial charge in [0.25, 0.3) is 0 Å². The van der Waals surface area contributed by atoms with Gasteiger partial charge in [-0.15, -0.1) is 0 Å². The van der Waals surface area contributed by atoms with E-state index in [9.17, 15) is 0 Å². The molecule has 2 aromatic heterocycles. The zero-order valence-electron chi connectivity index (χ0n) is 10.4. The van der Waals surface area contributed by atoms with Crippen molar-refractivity contribution in [2.24, 2.45) is 0 Å². The maximum absolute atomic E-state index is 5.99. The Morgan fingerprint density at radius 3 is 2.95 bits per heavy atom. The van der Waals surface area contributed by atoms with Crippen molar-refractivity contribution in [2.75, 3.05) is 11.9 Å². The van der Waals surface area contributed by atoms with Crippen LogP contribution in [-0.2, 0) is 6.54 Å². The number of halogens is 1. The molecule has 3 nitrogen and oxygen atoms in total. The molecular weight excluding hydrogens is 278 g/mol. The van der Waals surface area contributed by atoms with Crippen molar-refractivity contribution in [1.29, 1.82) is 0 Å². The highest BCUT2D eigenvalue weighted by atomic mass is 35.5. The van der Waals surface area contributed by atoms with Crippen molar-refractivity contribution in [3.63, 3.8) is 0 Å². The summed E-state index contributed by atoms with van der Waals surface area (Å²) in [6.45, 7) is 0.832. The van der Waals surface area contributed by atoms with Gasteiger partial charge in [0, 0.05) is 24.0 Å². The minimum absolute atomic E-state index is 0.692. The van der Waals surface area contributed by atoms with Crippen molar-refractivity contribution >= 4 is 39.7 Å². The molecule has 19 heavy (non-hydrogen) atoms. The van der Waals surface area contributed by atoms with Crippen molar-refractivity contribution < 1.29 is 0 Å². The minimum Gasteiger partial charge on any atom is -0.355 e. The second-order valence-corrected chi connectivity index (χ2v) is 5.56. The molecule has 0 saturated carbocycles. The zero-order valence-corrected chi connectivity index (χ0v) is 11.9. The largest absolute Gasteiger partial charge is 0.355 e. The predicted octanol–water partition coefficient (Wildman–Crippen LogP) is 3.98. The molecule has 0 atom stereocenters. The second-order valence-electron chi connectivity index (χ2n) is 4.35. The number of thiophene rings is 1. The van der Waals surface area contributed by atoms with Gasteiger partial charge in [0.1, 0.15) is 12.1 Å². The second kappa shape index (κ2) is 5.15. The average Bonchev–Trinajstić information content (AvgIpc) is 2.90. The molecule has 0 N–H and O–H groups in total. The van der Waals surface area contributed by atoms with Gasteiger partial charge in [-0.2, -0.15) is 11.3 Å². The van der Waals surface area contributed by atoms with Crippen LogP contribution in [0.5, 0.6) is 0 Å². The molecule has 0 amide bonds. The van der Waals surface area contributed by atoms with Crippen molar-refractivity contribution in [3.8, 4) is 0 Å². The highest BCUT2D eigenvalue weighted by Crippen LogP contribution is 2.25. The average molecular weight is 290 g/mol. The molecule has 2 heterocycles.